The number of hydrogen-bond donors (Lipinski definition) is 2. The van der Waals surface area contributed by atoms with E-state index in [1.54, 1.807) is 0 Å². The third-order valence-corrected chi connectivity index (χ3v) is 4.08. The summed E-state index contributed by atoms with van der Waals surface area (Å²) in [7, 11) is 1.41. The highest BCUT2D eigenvalue weighted by atomic mass is 19.4. The number of nitrogens with one attached hydrogen (secondary N) is 1. The number of alkyl halides is 3. The largest absolute Gasteiger partial charge is 0.522 e. The summed E-state index contributed by atoms with van der Waals surface area (Å²) in [5.41, 5.74) is 5.77. The van der Waals surface area contributed by atoms with Crippen LogP contribution in [0.1, 0.15) is 39.4 Å². The molecule has 12 heteroatoms. The van der Waals surface area contributed by atoms with Gasteiger partial charge < -0.3 is 15.8 Å². The molecule has 9 nitrogen and oxygen atoms in total. The first kappa shape index (κ1) is 19.0. The summed E-state index contributed by atoms with van der Waals surface area (Å²) in [5, 5.41) is 6.76. The zero-order chi connectivity index (χ0) is 19.8. The number of carbonyl (C=O) groups is 2. The molecular formula is C15H16F3N5O4. The number of hydrogen-bond acceptors (Lipinski definition) is 6. The van der Waals surface area contributed by atoms with E-state index in [4.69, 9.17) is 10.5 Å². The molecule has 0 unspecified atom stereocenters. The number of halogens is 3. The number of nitrogens with two attached hydrogens (primary N) is 1. The van der Waals surface area contributed by atoms with Gasteiger partial charge in [-0.15, -0.1) is 13.2 Å². The van der Waals surface area contributed by atoms with Gasteiger partial charge in [-0.1, -0.05) is 0 Å². The van der Waals surface area contributed by atoms with Crippen LogP contribution in [-0.4, -0.2) is 52.0 Å². The second-order valence-corrected chi connectivity index (χ2v) is 6.01. The lowest BCUT2D eigenvalue weighted by Crippen LogP contribution is -2.49. The summed E-state index contributed by atoms with van der Waals surface area (Å²) in [6.07, 6.45) is -4.28. The van der Waals surface area contributed by atoms with E-state index < -0.39 is 30.3 Å². The predicted molar refractivity (Wildman–Crippen MR) is 83.6 cm³/mol. The zero-order valence-electron chi connectivity index (χ0n) is 14.1. The molecular weight excluding hydrogens is 371 g/mol. The van der Waals surface area contributed by atoms with Crippen molar-refractivity contribution >= 4 is 17.5 Å². The number of amides is 2. The first-order chi connectivity index (χ1) is 12.7. The Hall–Kier alpha value is -2.73. The van der Waals surface area contributed by atoms with E-state index in [9.17, 15) is 22.8 Å². The maximum Gasteiger partial charge on any atom is 0.522 e. The number of ether oxygens (including phenoxy) is 2. The topological polar surface area (TPSA) is 121 Å². The van der Waals surface area contributed by atoms with Crippen LogP contribution in [0.4, 0.5) is 13.2 Å². The second kappa shape index (κ2) is 7.12. The lowest BCUT2D eigenvalue weighted by Gasteiger charge is -2.35. The monoisotopic (exact) mass is 387 g/mol. The molecule has 1 fully saturated rings. The first-order valence-electron chi connectivity index (χ1n) is 7.90. The van der Waals surface area contributed by atoms with Crippen molar-refractivity contribution in [3.8, 4) is 0 Å². The molecule has 2 aromatic rings. The first-order valence-corrected chi connectivity index (χ1v) is 7.90. The van der Waals surface area contributed by atoms with Gasteiger partial charge in [-0.05, 0) is 18.9 Å². The van der Waals surface area contributed by atoms with Gasteiger partial charge in [-0.3, -0.25) is 14.3 Å². The van der Waals surface area contributed by atoms with Gasteiger partial charge in [0, 0.05) is 19.3 Å². The Morgan fingerprint density at radius 3 is 2.70 bits per heavy atom. The van der Waals surface area contributed by atoms with Crippen molar-refractivity contribution in [1.82, 2.24) is 19.9 Å². The number of methoxy groups -OCH3 is 1. The van der Waals surface area contributed by atoms with Crippen molar-refractivity contribution in [1.29, 1.82) is 0 Å². The van der Waals surface area contributed by atoms with Crippen molar-refractivity contribution in [2.24, 2.45) is 5.73 Å². The molecule has 2 amide bonds. The third kappa shape index (κ3) is 4.01. The number of nitrogens with zero attached hydrogens (tertiary/aromatic N) is 3. The Morgan fingerprint density at radius 2 is 2.11 bits per heavy atom. The van der Waals surface area contributed by atoms with Crippen LogP contribution < -0.4 is 11.1 Å². The molecule has 0 radical (unpaired) electrons. The van der Waals surface area contributed by atoms with E-state index in [1.807, 2.05) is 0 Å². The van der Waals surface area contributed by atoms with Crippen molar-refractivity contribution < 1.29 is 32.2 Å². The zero-order valence-corrected chi connectivity index (χ0v) is 14.1. The Labute approximate surface area is 150 Å². The van der Waals surface area contributed by atoms with Crippen LogP contribution in [0.3, 0.4) is 0 Å². The van der Waals surface area contributed by atoms with Crippen LogP contribution in [0.5, 0.6) is 0 Å². The van der Waals surface area contributed by atoms with E-state index in [2.05, 4.69) is 20.1 Å². The Kier molecular flexibility index (Phi) is 5.02. The average Bonchev–Trinajstić information content (AvgIpc) is 2.89. The number of primary amides is 1. The Bertz CT molecular complexity index is 876. The van der Waals surface area contributed by atoms with Crippen LogP contribution in [0, 0.1) is 0 Å². The summed E-state index contributed by atoms with van der Waals surface area (Å²) in [6, 6.07) is 0.914. The lowest BCUT2D eigenvalue weighted by atomic mass is 9.89. The normalized spacial score (nSPS) is 19.7. The van der Waals surface area contributed by atoms with Gasteiger partial charge in [0.1, 0.15) is 17.0 Å². The fourth-order valence-electron chi connectivity index (χ4n) is 2.88. The maximum absolute atomic E-state index is 12.5. The Morgan fingerprint density at radius 1 is 1.41 bits per heavy atom. The van der Waals surface area contributed by atoms with Gasteiger partial charge in [0.05, 0.1) is 12.7 Å². The Balaban J connectivity index is 1.78. The molecule has 0 saturated heterocycles. The molecule has 3 rings (SSSR count). The molecule has 27 heavy (non-hydrogen) atoms. The highest BCUT2D eigenvalue weighted by Gasteiger charge is 2.40. The van der Waals surface area contributed by atoms with Crippen LogP contribution in [0.2, 0.25) is 0 Å². The number of rotatable bonds is 6. The van der Waals surface area contributed by atoms with Crippen LogP contribution in [0.25, 0.3) is 5.65 Å². The van der Waals surface area contributed by atoms with Crippen molar-refractivity contribution in [2.45, 2.75) is 38.0 Å². The molecule has 0 bridgehead atoms. The molecule has 0 aromatic carbocycles. The number of aromatic nitrogens is 3. The van der Waals surface area contributed by atoms with E-state index in [0.29, 0.717) is 0 Å². The van der Waals surface area contributed by atoms with Crippen molar-refractivity contribution in [2.75, 3.05) is 7.11 Å². The fraction of sp³-hybridized carbons (Fsp3) is 0.467. The minimum absolute atomic E-state index is 0.0121. The van der Waals surface area contributed by atoms with Gasteiger partial charge in [0.2, 0.25) is 0 Å². The third-order valence-electron chi connectivity index (χ3n) is 4.08. The minimum Gasteiger partial charge on any atom is -0.378 e. The maximum atomic E-state index is 12.5. The van der Waals surface area contributed by atoms with E-state index in [1.165, 1.54) is 19.4 Å². The summed E-state index contributed by atoms with van der Waals surface area (Å²) in [6.45, 7) is -0.0121. The molecule has 1 saturated carbocycles. The van der Waals surface area contributed by atoms with Crippen LogP contribution in [-0.2, 0) is 16.1 Å². The minimum atomic E-state index is -4.70. The molecule has 146 valence electrons. The molecule has 0 aliphatic heterocycles. The SMILES string of the molecule is COCc1nn2c(C(=O)N[C@H]3C[C@H](OC(F)(F)F)C3)ccnc2c1C(N)=O. The molecule has 1 aliphatic carbocycles. The highest BCUT2D eigenvalue weighted by molar-refractivity contribution is 6.01. The molecule has 0 spiro atoms. The summed E-state index contributed by atoms with van der Waals surface area (Å²) in [5.74, 6) is -1.34. The van der Waals surface area contributed by atoms with Crippen LogP contribution in [0.15, 0.2) is 12.3 Å². The van der Waals surface area contributed by atoms with Gasteiger partial charge >= 0.3 is 6.36 Å². The fourth-order valence-corrected chi connectivity index (χ4v) is 2.88. The highest BCUT2D eigenvalue weighted by Crippen LogP contribution is 2.30. The van der Waals surface area contributed by atoms with Crippen molar-refractivity contribution in [3.05, 3.63) is 29.2 Å². The molecule has 0 atom stereocenters. The summed E-state index contributed by atoms with van der Waals surface area (Å²) < 4.78 is 46.5. The lowest BCUT2D eigenvalue weighted by molar-refractivity contribution is -0.351. The average molecular weight is 387 g/mol. The van der Waals surface area contributed by atoms with E-state index in [0.717, 1.165) is 4.52 Å². The number of carbonyl (C=O) groups excluding carboxylic acids is 2. The molecule has 2 heterocycles. The van der Waals surface area contributed by atoms with Crippen LogP contribution >= 0.6 is 0 Å². The summed E-state index contributed by atoms with van der Waals surface area (Å²) >= 11 is 0. The second-order valence-electron chi connectivity index (χ2n) is 6.01. The van der Waals surface area contributed by atoms with Gasteiger partial charge in [-0.25, -0.2) is 9.50 Å². The van der Waals surface area contributed by atoms with Crippen molar-refractivity contribution in [3.63, 3.8) is 0 Å². The quantitative estimate of drug-likeness (QED) is 0.755. The predicted octanol–water partition coefficient (Wildman–Crippen LogP) is 0.772. The smallest absolute Gasteiger partial charge is 0.378 e. The van der Waals surface area contributed by atoms with E-state index in [-0.39, 0.29) is 42.0 Å². The molecule has 1 aliphatic rings. The standard InChI is InChI=1S/C15H16F3N5O4/c1-26-6-9-11(12(19)24)13-20-3-2-10(23(13)22-9)14(25)21-7-4-8(5-7)27-15(16,17)18/h2-3,7-8H,4-6H2,1H3,(H2,19,24)(H,21,25)/t7-,8-. The molecule has 3 N–H and O–H groups in total. The van der Waals surface area contributed by atoms with Gasteiger partial charge in [-0.2, -0.15) is 5.10 Å². The molecule has 2 aromatic heterocycles. The number of fused-ring (bicyclic) bond motifs is 1. The van der Waals surface area contributed by atoms with Gasteiger partial charge in [0.25, 0.3) is 11.8 Å². The summed E-state index contributed by atoms with van der Waals surface area (Å²) in [4.78, 5) is 28.2. The van der Waals surface area contributed by atoms with Gasteiger partial charge in [0.15, 0.2) is 5.65 Å². The van der Waals surface area contributed by atoms with E-state index >= 15 is 0 Å².